The fourth-order valence-corrected chi connectivity index (χ4v) is 1.60. The number of nitrogens with one attached hydrogen (secondary N) is 1. The van der Waals surface area contributed by atoms with E-state index in [0.29, 0.717) is 17.1 Å². The van der Waals surface area contributed by atoms with Gasteiger partial charge in [0.2, 0.25) is 0 Å². The zero-order chi connectivity index (χ0) is 11.4. The summed E-state index contributed by atoms with van der Waals surface area (Å²) in [4.78, 5) is 18.8. The average molecular weight is 278 g/mol. The number of aromatic nitrogens is 2. The number of carbonyl (C=O) groups excluding carboxylic acids is 1. The van der Waals surface area contributed by atoms with Gasteiger partial charge in [-0.05, 0) is 18.2 Å². The Hall–Kier alpha value is -1.75. The molecule has 4 nitrogen and oxygen atoms in total. The van der Waals surface area contributed by atoms with Crippen molar-refractivity contribution >= 4 is 33.7 Å². The summed E-state index contributed by atoms with van der Waals surface area (Å²) in [5.74, 6) is 0.601. The third kappa shape index (κ3) is 2.43. The normalized spacial score (nSPS) is 9.81. The zero-order valence-electron chi connectivity index (χ0n) is 8.22. The highest BCUT2D eigenvalue weighted by Crippen LogP contribution is 2.22. The third-order valence-electron chi connectivity index (χ3n) is 1.97. The first-order chi connectivity index (χ1) is 7.79. The quantitative estimate of drug-likeness (QED) is 0.877. The van der Waals surface area contributed by atoms with Crippen molar-refractivity contribution in [2.75, 3.05) is 5.32 Å². The molecule has 2 aromatic rings. The fraction of sp³-hybridized carbons (Fsp3) is 0. The molecule has 0 aliphatic rings. The Kier molecular flexibility index (Phi) is 3.26. The summed E-state index contributed by atoms with van der Waals surface area (Å²) < 4.78 is 0.893. The van der Waals surface area contributed by atoms with Gasteiger partial charge in [-0.3, -0.25) is 9.78 Å². The number of halogens is 1. The maximum Gasteiger partial charge on any atom is 0.152 e. The number of aldehydes is 1. The van der Waals surface area contributed by atoms with Crippen LogP contribution in [0.25, 0.3) is 0 Å². The van der Waals surface area contributed by atoms with Crippen LogP contribution in [0.5, 0.6) is 0 Å². The van der Waals surface area contributed by atoms with E-state index >= 15 is 0 Å². The molecular formula is C11H8BrN3O. The summed E-state index contributed by atoms with van der Waals surface area (Å²) in [6.07, 6.45) is 5.56. The van der Waals surface area contributed by atoms with Gasteiger partial charge in [0.05, 0.1) is 11.9 Å². The van der Waals surface area contributed by atoms with Crippen LogP contribution in [0.2, 0.25) is 0 Å². The summed E-state index contributed by atoms with van der Waals surface area (Å²) in [7, 11) is 0. The van der Waals surface area contributed by atoms with E-state index in [2.05, 4.69) is 31.2 Å². The van der Waals surface area contributed by atoms with Crippen LogP contribution in [0.4, 0.5) is 11.5 Å². The first kappa shape index (κ1) is 10.8. The van der Waals surface area contributed by atoms with Gasteiger partial charge in [0.15, 0.2) is 6.29 Å². The lowest BCUT2D eigenvalue weighted by atomic mass is 10.2. The summed E-state index contributed by atoms with van der Waals surface area (Å²) in [6.45, 7) is 0. The first-order valence-corrected chi connectivity index (χ1v) is 5.36. The molecule has 0 radical (unpaired) electrons. The molecule has 0 atom stereocenters. The number of benzene rings is 1. The molecule has 5 heteroatoms. The van der Waals surface area contributed by atoms with Crippen LogP contribution in [0.1, 0.15) is 10.4 Å². The average Bonchev–Trinajstić information content (AvgIpc) is 2.31. The number of hydrogen-bond donors (Lipinski definition) is 1. The number of carbonyl (C=O) groups is 1. The topological polar surface area (TPSA) is 54.9 Å². The molecule has 0 spiro atoms. The standard InChI is InChI=1S/C11H8BrN3O/c12-9-2-1-8(7-16)10(5-9)15-11-6-13-3-4-14-11/h1-7H,(H,14,15). The Bertz CT molecular complexity index is 502. The van der Waals surface area contributed by atoms with Crippen LogP contribution >= 0.6 is 15.9 Å². The van der Waals surface area contributed by atoms with Gasteiger partial charge in [-0.25, -0.2) is 4.98 Å². The van der Waals surface area contributed by atoms with Crippen LogP contribution in [0.15, 0.2) is 41.3 Å². The molecule has 0 bridgehead atoms. The highest BCUT2D eigenvalue weighted by molar-refractivity contribution is 9.10. The van der Waals surface area contributed by atoms with Crippen molar-refractivity contribution in [3.05, 3.63) is 46.8 Å². The number of nitrogens with zero attached hydrogens (tertiary/aromatic N) is 2. The van der Waals surface area contributed by atoms with Gasteiger partial charge < -0.3 is 5.32 Å². The predicted molar refractivity (Wildman–Crippen MR) is 64.8 cm³/mol. The number of hydrogen-bond acceptors (Lipinski definition) is 4. The van der Waals surface area contributed by atoms with Gasteiger partial charge in [0.25, 0.3) is 0 Å². The van der Waals surface area contributed by atoms with Crippen molar-refractivity contribution in [2.45, 2.75) is 0 Å². The maximum atomic E-state index is 10.8. The van der Waals surface area contributed by atoms with Crippen LogP contribution < -0.4 is 5.32 Å². The predicted octanol–water partition coefficient (Wildman–Crippen LogP) is 2.80. The smallest absolute Gasteiger partial charge is 0.152 e. The van der Waals surface area contributed by atoms with Crippen LogP contribution in [0, 0.1) is 0 Å². The Labute approximate surface area is 101 Å². The summed E-state index contributed by atoms with van der Waals surface area (Å²) in [5, 5.41) is 3.03. The fourth-order valence-electron chi connectivity index (χ4n) is 1.24. The van der Waals surface area contributed by atoms with Gasteiger partial charge >= 0.3 is 0 Å². The highest BCUT2D eigenvalue weighted by atomic mass is 79.9. The van der Waals surface area contributed by atoms with Gasteiger partial charge in [0.1, 0.15) is 5.82 Å². The molecule has 1 N–H and O–H groups in total. The summed E-state index contributed by atoms with van der Waals surface area (Å²) >= 11 is 3.35. The van der Waals surface area contributed by atoms with Gasteiger partial charge in [-0.1, -0.05) is 15.9 Å². The molecule has 0 unspecified atom stereocenters. The Morgan fingerprint density at radius 3 is 2.88 bits per heavy atom. The lowest BCUT2D eigenvalue weighted by Crippen LogP contribution is -1.97. The lowest BCUT2D eigenvalue weighted by molar-refractivity contribution is 0.112. The summed E-state index contributed by atoms with van der Waals surface area (Å²) in [5.41, 5.74) is 1.28. The van der Waals surface area contributed by atoms with Crippen molar-refractivity contribution in [1.82, 2.24) is 9.97 Å². The molecule has 0 aliphatic heterocycles. The van der Waals surface area contributed by atoms with E-state index in [1.807, 2.05) is 12.1 Å². The molecule has 0 saturated heterocycles. The van der Waals surface area contributed by atoms with E-state index in [1.165, 1.54) is 0 Å². The summed E-state index contributed by atoms with van der Waals surface area (Å²) in [6, 6.07) is 5.36. The second-order valence-corrected chi connectivity index (χ2v) is 3.98. The molecule has 0 fully saturated rings. The third-order valence-corrected chi connectivity index (χ3v) is 2.46. The molecule has 0 aliphatic carbocycles. The van der Waals surface area contributed by atoms with Crippen LogP contribution in [0.3, 0.4) is 0 Å². The van der Waals surface area contributed by atoms with E-state index in [9.17, 15) is 4.79 Å². The SMILES string of the molecule is O=Cc1ccc(Br)cc1Nc1cnccn1. The Balaban J connectivity index is 2.33. The van der Waals surface area contributed by atoms with Crippen molar-refractivity contribution < 1.29 is 4.79 Å². The molecule has 1 aromatic carbocycles. The monoisotopic (exact) mass is 277 g/mol. The molecule has 1 heterocycles. The molecule has 1 aromatic heterocycles. The van der Waals surface area contributed by atoms with Gasteiger partial charge in [-0.15, -0.1) is 0 Å². The van der Waals surface area contributed by atoms with E-state index in [-0.39, 0.29) is 0 Å². The van der Waals surface area contributed by atoms with Crippen molar-refractivity contribution in [3.8, 4) is 0 Å². The number of anilines is 2. The molecule has 0 saturated carbocycles. The maximum absolute atomic E-state index is 10.8. The Morgan fingerprint density at radius 1 is 1.31 bits per heavy atom. The molecule has 16 heavy (non-hydrogen) atoms. The largest absolute Gasteiger partial charge is 0.338 e. The minimum absolute atomic E-state index is 0.578. The van der Waals surface area contributed by atoms with E-state index in [1.54, 1.807) is 24.7 Å². The minimum atomic E-state index is 0.578. The minimum Gasteiger partial charge on any atom is -0.338 e. The van der Waals surface area contributed by atoms with Crippen LogP contribution in [-0.4, -0.2) is 16.3 Å². The zero-order valence-corrected chi connectivity index (χ0v) is 9.81. The number of rotatable bonds is 3. The Morgan fingerprint density at radius 2 is 2.19 bits per heavy atom. The van der Waals surface area contributed by atoms with Crippen molar-refractivity contribution in [3.63, 3.8) is 0 Å². The second-order valence-electron chi connectivity index (χ2n) is 3.07. The second kappa shape index (κ2) is 4.85. The van der Waals surface area contributed by atoms with Gasteiger partial charge in [0, 0.05) is 22.4 Å². The first-order valence-electron chi connectivity index (χ1n) is 4.57. The van der Waals surface area contributed by atoms with E-state index < -0.39 is 0 Å². The highest BCUT2D eigenvalue weighted by Gasteiger charge is 2.03. The van der Waals surface area contributed by atoms with E-state index in [0.717, 1.165) is 10.8 Å². The molecule has 2 rings (SSSR count). The van der Waals surface area contributed by atoms with E-state index in [4.69, 9.17) is 0 Å². The lowest BCUT2D eigenvalue weighted by Gasteiger charge is -2.07. The van der Waals surface area contributed by atoms with Gasteiger partial charge in [-0.2, -0.15) is 0 Å². The van der Waals surface area contributed by atoms with Crippen LogP contribution in [-0.2, 0) is 0 Å². The van der Waals surface area contributed by atoms with Crippen molar-refractivity contribution in [1.29, 1.82) is 0 Å². The van der Waals surface area contributed by atoms with Crippen molar-refractivity contribution in [2.24, 2.45) is 0 Å². The molecule has 80 valence electrons. The molecular weight excluding hydrogens is 270 g/mol. The molecule has 0 amide bonds.